The average molecular weight is 240 g/mol. The first kappa shape index (κ1) is 13.6. The smallest absolute Gasteiger partial charge is 0.221 e. The van der Waals surface area contributed by atoms with Gasteiger partial charge < -0.3 is 10.6 Å². The molecule has 0 fully saturated rings. The molecule has 0 spiro atoms. The standard InChI is InChI=1S/C10H20N6O/c1-4-8(2)12-10(17)5-6-11-7-9-13-15-16(3)14-9/h8,11H,4-7H2,1-3H3,(H,12,17). The topological polar surface area (TPSA) is 84.7 Å². The van der Waals surface area contributed by atoms with Crippen molar-refractivity contribution in [3.8, 4) is 0 Å². The Hall–Kier alpha value is -1.50. The quantitative estimate of drug-likeness (QED) is 0.634. The Labute approximate surface area is 101 Å². The van der Waals surface area contributed by atoms with Crippen molar-refractivity contribution in [2.24, 2.45) is 7.05 Å². The summed E-state index contributed by atoms with van der Waals surface area (Å²) in [6.45, 7) is 5.18. The summed E-state index contributed by atoms with van der Waals surface area (Å²) in [5.41, 5.74) is 0. The molecule has 1 amide bonds. The third-order valence-electron chi connectivity index (χ3n) is 2.38. The number of hydrogen-bond acceptors (Lipinski definition) is 5. The molecule has 1 heterocycles. The Morgan fingerprint density at radius 3 is 2.88 bits per heavy atom. The molecule has 1 unspecified atom stereocenters. The average Bonchev–Trinajstić information content (AvgIpc) is 2.70. The maximum atomic E-state index is 11.4. The Kier molecular flexibility index (Phi) is 5.55. The van der Waals surface area contributed by atoms with Crippen LogP contribution in [0.4, 0.5) is 0 Å². The van der Waals surface area contributed by atoms with E-state index in [1.807, 2.05) is 13.8 Å². The van der Waals surface area contributed by atoms with Gasteiger partial charge in [0.05, 0.1) is 13.6 Å². The summed E-state index contributed by atoms with van der Waals surface area (Å²) in [6, 6.07) is 0.240. The van der Waals surface area contributed by atoms with Crippen molar-refractivity contribution in [3.05, 3.63) is 5.82 Å². The summed E-state index contributed by atoms with van der Waals surface area (Å²) in [6.07, 6.45) is 1.41. The minimum Gasteiger partial charge on any atom is -0.354 e. The molecule has 0 bridgehead atoms. The van der Waals surface area contributed by atoms with Crippen LogP contribution >= 0.6 is 0 Å². The van der Waals surface area contributed by atoms with Crippen molar-refractivity contribution in [2.75, 3.05) is 6.54 Å². The van der Waals surface area contributed by atoms with E-state index in [9.17, 15) is 4.79 Å². The molecule has 1 atom stereocenters. The second-order valence-electron chi connectivity index (χ2n) is 4.00. The molecule has 1 aromatic heterocycles. The molecule has 17 heavy (non-hydrogen) atoms. The zero-order valence-electron chi connectivity index (χ0n) is 10.6. The van der Waals surface area contributed by atoms with Crippen LogP contribution in [0.3, 0.4) is 0 Å². The first-order valence-corrected chi connectivity index (χ1v) is 5.84. The molecule has 0 aliphatic heterocycles. The van der Waals surface area contributed by atoms with E-state index in [1.165, 1.54) is 4.80 Å². The second kappa shape index (κ2) is 6.95. The molecule has 0 aliphatic rings. The van der Waals surface area contributed by atoms with Crippen molar-refractivity contribution in [1.82, 2.24) is 30.8 Å². The fourth-order valence-corrected chi connectivity index (χ4v) is 1.25. The number of hydrogen-bond donors (Lipinski definition) is 2. The summed E-state index contributed by atoms with van der Waals surface area (Å²) < 4.78 is 0. The van der Waals surface area contributed by atoms with Crippen molar-refractivity contribution in [2.45, 2.75) is 39.3 Å². The maximum Gasteiger partial charge on any atom is 0.221 e. The summed E-state index contributed by atoms with van der Waals surface area (Å²) in [5, 5.41) is 17.6. The number of aromatic nitrogens is 4. The van der Waals surface area contributed by atoms with Crippen molar-refractivity contribution < 1.29 is 4.79 Å². The Morgan fingerprint density at radius 1 is 1.53 bits per heavy atom. The molecule has 7 nitrogen and oxygen atoms in total. The lowest BCUT2D eigenvalue weighted by Crippen LogP contribution is -2.33. The van der Waals surface area contributed by atoms with Crippen molar-refractivity contribution in [1.29, 1.82) is 0 Å². The van der Waals surface area contributed by atoms with E-state index < -0.39 is 0 Å². The molecule has 7 heteroatoms. The van der Waals surface area contributed by atoms with E-state index in [1.54, 1.807) is 7.05 Å². The lowest BCUT2D eigenvalue weighted by molar-refractivity contribution is -0.121. The van der Waals surface area contributed by atoms with Gasteiger partial charge in [-0.05, 0) is 18.6 Å². The highest BCUT2D eigenvalue weighted by atomic mass is 16.1. The molecule has 2 N–H and O–H groups in total. The largest absolute Gasteiger partial charge is 0.354 e. The van der Waals surface area contributed by atoms with Crippen LogP contribution in [0, 0.1) is 0 Å². The number of rotatable bonds is 7. The van der Waals surface area contributed by atoms with Crippen LogP contribution in [-0.4, -0.2) is 38.7 Å². The number of nitrogens with one attached hydrogen (secondary N) is 2. The van der Waals surface area contributed by atoms with Crippen LogP contribution in [0.5, 0.6) is 0 Å². The van der Waals surface area contributed by atoms with E-state index >= 15 is 0 Å². The molecular formula is C10H20N6O. The predicted molar refractivity (Wildman–Crippen MR) is 63.0 cm³/mol. The number of amides is 1. The van der Waals surface area contributed by atoms with E-state index in [4.69, 9.17) is 0 Å². The fraction of sp³-hybridized carbons (Fsp3) is 0.800. The van der Waals surface area contributed by atoms with E-state index in [0.29, 0.717) is 25.3 Å². The predicted octanol–water partition coefficient (Wildman–Crippen LogP) is -0.395. The van der Waals surface area contributed by atoms with Crippen LogP contribution in [-0.2, 0) is 18.4 Å². The molecule has 96 valence electrons. The molecule has 0 saturated heterocycles. The van der Waals surface area contributed by atoms with Gasteiger partial charge in [0.25, 0.3) is 0 Å². The van der Waals surface area contributed by atoms with E-state index in [2.05, 4.69) is 26.0 Å². The summed E-state index contributed by atoms with van der Waals surface area (Å²) in [7, 11) is 1.72. The minimum absolute atomic E-state index is 0.0685. The molecule has 1 rings (SSSR count). The number of aryl methyl sites for hydroxylation is 1. The molecule has 0 saturated carbocycles. The van der Waals surface area contributed by atoms with Gasteiger partial charge in [0.1, 0.15) is 0 Å². The SMILES string of the molecule is CCC(C)NC(=O)CCNCc1nnn(C)n1. The maximum absolute atomic E-state index is 11.4. The van der Waals surface area contributed by atoms with E-state index in [0.717, 1.165) is 6.42 Å². The summed E-state index contributed by atoms with van der Waals surface area (Å²) in [4.78, 5) is 12.8. The lowest BCUT2D eigenvalue weighted by atomic mass is 10.2. The molecule has 0 aliphatic carbocycles. The van der Waals surface area contributed by atoms with Crippen LogP contribution < -0.4 is 10.6 Å². The summed E-state index contributed by atoms with van der Waals surface area (Å²) >= 11 is 0. The third kappa shape index (κ3) is 5.39. The minimum atomic E-state index is 0.0685. The lowest BCUT2D eigenvalue weighted by Gasteiger charge is -2.11. The van der Waals surface area contributed by atoms with E-state index in [-0.39, 0.29) is 11.9 Å². The fourth-order valence-electron chi connectivity index (χ4n) is 1.25. The second-order valence-corrected chi connectivity index (χ2v) is 4.00. The van der Waals surface area contributed by atoms with Gasteiger partial charge in [-0.1, -0.05) is 6.92 Å². The van der Waals surface area contributed by atoms with Gasteiger partial charge in [0.15, 0.2) is 5.82 Å². The van der Waals surface area contributed by atoms with Gasteiger partial charge >= 0.3 is 0 Å². The summed E-state index contributed by atoms with van der Waals surface area (Å²) in [5.74, 6) is 0.703. The number of nitrogens with zero attached hydrogens (tertiary/aromatic N) is 4. The Balaban J connectivity index is 2.10. The first-order valence-electron chi connectivity index (χ1n) is 5.84. The zero-order chi connectivity index (χ0) is 12.7. The zero-order valence-corrected chi connectivity index (χ0v) is 10.6. The highest BCUT2D eigenvalue weighted by Gasteiger charge is 2.05. The monoisotopic (exact) mass is 240 g/mol. The van der Waals surface area contributed by atoms with Crippen LogP contribution in [0.2, 0.25) is 0 Å². The Bertz CT molecular complexity index is 350. The number of tetrazole rings is 1. The highest BCUT2D eigenvalue weighted by Crippen LogP contribution is 1.89. The molecule has 0 radical (unpaired) electrons. The van der Waals surface area contributed by atoms with Gasteiger partial charge in [0, 0.05) is 19.0 Å². The van der Waals surface area contributed by atoms with Crippen molar-refractivity contribution >= 4 is 5.91 Å². The Morgan fingerprint density at radius 2 is 2.29 bits per heavy atom. The highest BCUT2D eigenvalue weighted by molar-refractivity contribution is 5.76. The normalized spacial score (nSPS) is 12.4. The van der Waals surface area contributed by atoms with Gasteiger partial charge in [0.2, 0.25) is 5.91 Å². The number of carbonyl (C=O) groups is 1. The van der Waals surface area contributed by atoms with Gasteiger partial charge in [-0.2, -0.15) is 4.80 Å². The van der Waals surface area contributed by atoms with Crippen molar-refractivity contribution in [3.63, 3.8) is 0 Å². The molecule has 1 aromatic rings. The van der Waals surface area contributed by atoms with Crippen LogP contribution in [0.15, 0.2) is 0 Å². The first-order chi connectivity index (χ1) is 8.11. The van der Waals surface area contributed by atoms with Crippen LogP contribution in [0.25, 0.3) is 0 Å². The molecular weight excluding hydrogens is 220 g/mol. The van der Waals surface area contributed by atoms with Gasteiger partial charge in [-0.15, -0.1) is 10.2 Å². The number of carbonyl (C=O) groups excluding carboxylic acids is 1. The van der Waals surface area contributed by atoms with Crippen LogP contribution in [0.1, 0.15) is 32.5 Å². The third-order valence-corrected chi connectivity index (χ3v) is 2.38. The van der Waals surface area contributed by atoms with Gasteiger partial charge in [-0.3, -0.25) is 4.79 Å². The molecule has 0 aromatic carbocycles. The van der Waals surface area contributed by atoms with Gasteiger partial charge in [-0.25, -0.2) is 0 Å².